The van der Waals surface area contributed by atoms with Crippen LogP contribution in [0, 0.1) is 23.5 Å². The Bertz CT molecular complexity index is 1010. The van der Waals surface area contributed by atoms with E-state index in [4.69, 9.17) is 0 Å². The van der Waals surface area contributed by atoms with E-state index >= 15 is 0 Å². The number of amides is 1. The molecule has 0 saturated heterocycles. The molecular weight excluding hydrogens is 388 g/mol. The van der Waals surface area contributed by atoms with Crippen LogP contribution in [0.4, 0.5) is 36.8 Å². The summed E-state index contributed by atoms with van der Waals surface area (Å²) < 4.78 is 79.0. The molecule has 1 aromatic heterocycles. The summed E-state index contributed by atoms with van der Waals surface area (Å²) in [5.74, 6) is -4.51. The third kappa shape index (κ3) is 3.71. The zero-order chi connectivity index (χ0) is 20.4. The lowest BCUT2D eigenvalue weighted by Gasteiger charge is -2.12. The molecule has 1 radical (unpaired) electrons. The first kappa shape index (κ1) is 19.5. The van der Waals surface area contributed by atoms with Gasteiger partial charge in [0.25, 0.3) is 6.43 Å². The van der Waals surface area contributed by atoms with Crippen molar-refractivity contribution < 1.29 is 31.1 Å². The van der Waals surface area contributed by atoms with Crippen LogP contribution in [0.25, 0.3) is 11.1 Å². The molecule has 0 fully saturated rings. The Morgan fingerprint density at radius 3 is 2.39 bits per heavy atom. The number of carbonyl (C=O) groups is 1. The van der Waals surface area contributed by atoms with Crippen LogP contribution in [0.3, 0.4) is 0 Å². The largest absolute Gasteiger partial charge is 0.346 e. The van der Waals surface area contributed by atoms with Gasteiger partial charge in [0.15, 0.2) is 17.5 Å². The molecule has 1 N–H and O–H groups in total. The van der Waals surface area contributed by atoms with Gasteiger partial charge in [0, 0.05) is 11.6 Å². The molecule has 3 rings (SSSR count). The Morgan fingerprint density at radius 1 is 1.14 bits per heavy atom. The van der Waals surface area contributed by atoms with Gasteiger partial charge in [-0.05, 0) is 23.8 Å². The van der Waals surface area contributed by atoms with Crippen molar-refractivity contribution in [3.05, 3.63) is 71.3 Å². The molecule has 3 aromatic rings. The maximum Gasteiger partial charge on any atom is 0.346 e. The summed E-state index contributed by atoms with van der Waals surface area (Å²) in [6.45, 7) is -1.27. The van der Waals surface area contributed by atoms with Gasteiger partial charge < -0.3 is 5.32 Å². The van der Waals surface area contributed by atoms with Gasteiger partial charge in [0.05, 0.1) is 11.4 Å². The Labute approximate surface area is 154 Å². The third-order valence-electron chi connectivity index (χ3n) is 3.72. The fourth-order valence-electron chi connectivity index (χ4n) is 2.47. The van der Waals surface area contributed by atoms with Crippen LogP contribution < -0.4 is 5.32 Å². The van der Waals surface area contributed by atoms with E-state index < -0.39 is 48.0 Å². The van der Waals surface area contributed by atoms with Crippen molar-refractivity contribution in [2.45, 2.75) is 13.1 Å². The van der Waals surface area contributed by atoms with Gasteiger partial charge in [-0.1, -0.05) is 18.2 Å². The Hall–Kier alpha value is -3.30. The third-order valence-corrected chi connectivity index (χ3v) is 3.72. The summed E-state index contributed by atoms with van der Waals surface area (Å²) in [4.78, 5) is 12.4. The normalized spacial score (nSPS) is 11.1. The molecule has 0 spiro atoms. The standard InChI is InChI=1S/C18H10F6N3O/c19-8-10-7-15(17(23)24)26-27(10)18(28)25-14-4-2-1-3-11(14)9-5-12(20)16(22)13(21)6-9/h1-6,17H,8H2,(H,25,28). The number of nitrogens with one attached hydrogen (secondary N) is 1. The minimum Gasteiger partial charge on any atom is -0.305 e. The number of rotatable bonds is 4. The number of alkyl halides is 3. The number of hydrogen-bond acceptors (Lipinski definition) is 2. The van der Waals surface area contributed by atoms with Crippen LogP contribution >= 0.6 is 0 Å². The number of aromatic nitrogens is 2. The zero-order valence-electron chi connectivity index (χ0n) is 13.8. The molecule has 0 aliphatic rings. The van der Waals surface area contributed by atoms with E-state index in [2.05, 4.69) is 10.4 Å². The van der Waals surface area contributed by atoms with Gasteiger partial charge in [0.1, 0.15) is 12.4 Å². The van der Waals surface area contributed by atoms with Crippen molar-refractivity contribution in [2.24, 2.45) is 0 Å². The Kier molecular flexibility index (Phi) is 5.39. The van der Waals surface area contributed by atoms with E-state index in [0.717, 1.165) is 12.1 Å². The summed E-state index contributed by atoms with van der Waals surface area (Å²) >= 11 is 0. The van der Waals surface area contributed by atoms with Gasteiger partial charge in [-0.3, -0.25) is 0 Å². The number of nitrogens with zero attached hydrogens (tertiary/aromatic N) is 2. The molecule has 0 aliphatic heterocycles. The number of hydrogen-bond donors (Lipinski definition) is 1. The Morgan fingerprint density at radius 2 is 1.79 bits per heavy atom. The van der Waals surface area contributed by atoms with Crippen LogP contribution in [0.2, 0.25) is 0 Å². The monoisotopic (exact) mass is 398 g/mol. The Balaban J connectivity index is 1.98. The van der Waals surface area contributed by atoms with Crippen molar-refractivity contribution in [2.75, 3.05) is 5.32 Å². The van der Waals surface area contributed by atoms with Gasteiger partial charge in [-0.2, -0.15) is 9.78 Å². The molecule has 28 heavy (non-hydrogen) atoms. The maximum atomic E-state index is 13.5. The summed E-state index contributed by atoms with van der Waals surface area (Å²) in [6.07, 6.45) is -3.06. The predicted molar refractivity (Wildman–Crippen MR) is 87.0 cm³/mol. The zero-order valence-corrected chi connectivity index (χ0v) is 13.8. The van der Waals surface area contributed by atoms with Crippen molar-refractivity contribution in [3.8, 4) is 11.1 Å². The number of benzene rings is 2. The highest BCUT2D eigenvalue weighted by Gasteiger charge is 2.21. The topological polar surface area (TPSA) is 46.9 Å². The summed E-state index contributed by atoms with van der Waals surface area (Å²) in [6, 6.07) is 8.06. The highest BCUT2D eigenvalue weighted by Crippen LogP contribution is 2.30. The van der Waals surface area contributed by atoms with Crippen molar-refractivity contribution in [1.82, 2.24) is 9.78 Å². The average Bonchev–Trinajstić information content (AvgIpc) is 3.11. The van der Waals surface area contributed by atoms with E-state index in [9.17, 15) is 31.1 Å². The van der Waals surface area contributed by atoms with Crippen LogP contribution in [0.15, 0.2) is 36.4 Å². The molecule has 2 aromatic carbocycles. The molecule has 0 saturated carbocycles. The van der Waals surface area contributed by atoms with E-state index in [-0.39, 0.29) is 16.8 Å². The second-order valence-corrected chi connectivity index (χ2v) is 5.53. The lowest BCUT2D eigenvalue weighted by Crippen LogP contribution is -2.23. The van der Waals surface area contributed by atoms with E-state index in [1.807, 2.05) is 6.07 Å². The molecule has 0 bridgehead atoms. The first-order valence-corrected chi connectivity index (χ1v) is 7.72. The van der Waals surface area contributed by atoms with Crippen LogP contribution in [-0.2, 0) is 6.67 Å². The summed E-state index contributed by atoms with van der Waals surface area (Å²) in [7, 11) is 0. The number of halogens is 6. The number of carbonyl (C=O) groups excluding carboxylic acids is 1. The minimum atomic E-state index is -3.06. The molecule has 145 valence electrons. The van der Waals surface area contributed by atoms with Crippen molar-refractivity contribution in [3.63, 3.8) is 0 Å². The molecule has 0 atom stereocenters. The lowest BCUT2D eigenvalue weighted by molar-refractivity contribution is 0.145. The van der Waals surface area contributed by atoms with Crippen LogP contribution in [0.5, 0.6) is 0 Å². The molecule has 4 nitrogen and oxygen atoms in total. The first-order chi connectivity index (χ1) is 13.3. The number of para-hydroxylation sites is 1. The maximum absolute atomic E-state index is 13.5. The molecule has 10 heteroatoms. The highest BCUT2D eigenvalue weighted by atomic mass is 19.3. The van der Waals surface area contributed by atoms with Crippen molar-refractivity contribution in [1.29, 1.82) is 0 Å². The minimum absolute atomic E-state index is 0.0109. The fourth-order valence-corrected chi connectivity index (χ4v) is 2.47. The quantitative estimate of drug-likeness (QED) is 0.482. The first-order valence-electron chi connectivity index (χ1n) is 7.72. The predicted octanol–water partition coefficient (Wildman–Crippen LogP) is 5.25. The van der Waals surface area contributed by atoms with E-state index in [1.54, 1.807) is 0 Å². The van der Waals surface area contributed by atoms with Gasteiger partial charge in [-0.25, -0.2) is 31.1 Å². The average molecular weight is 398 g/mol. The lowest BCUT2D eigenvalue weighted by atomic mass is 10.0. The van der Waals surface area contributed by atoms with E-state index in [1.165, 1.54) is 24.3 Å². The van der Waals surface area contributed by atoms with Gasteiger partial charge >= 0.3 is 6.03 Å². The molecular formula is C18H10F6N3O. The molecule has 1 heterocycles. The smallest absolute Gasteiger partial charge is 0.305 e. The fraction of sp³-hybridized carbons (Fsp3) is 0.111. The second kappa shape index (κ2) is 7.75. The summed E-state index contributed by atoms with van der Waals surface area (Å²) in [5, 5.41) is 5.61. The van der Waals surface area contributed by atoms with Gasteiger partial charge in [-0.15, -0.1) is 0 Å². The molecule has 1 amide bonds. The molecule has 0 unspecified atom stereocenters. The van der Waals surface area contributed by atoms with Crippen LogP contribution in [0.1, 0.15) is 17.8 Å². The van der Waals surface area contributed by atoms with Crippen molar-refractivity contribution >= 4 is 11.7 Å². The SMILES string of the molecule is O=C(Nc1ccccc1-c1cc(F)c(F)c(F)c1)n1nc(C(F)F)[c]c1CF. The molecule has 0 aliphatic carbocycles. The van der Waals surface area contributed by atoms with Gasteiger partial charge in [0.2, 0.25) is 0 Å². The highest BCUT2D eigenvalue weighted by molar-refractivity contribution is 5.95. The summed E-state index contributed by atoms with van der Waals surface area (Å²) in [5.41, 5.74) is -1.39. The second-order valence-electron chi connectivity index (χ2n) is 5.53. The number of anilines is 1. The van der Waals surface area contributed by atoms with E-state index in [0.29, 0.717) is 4.68 Å². The van der Waals surface area contributed by atoms with Crippen LogP contribution in [-0.4, -0.2) is 15.8 Å².